The monoisotopic (exact) mass is 452 g/mol. The summed E-state index contributed by atoms with van der Waals surface area (Å²) in [6.45, 7) is 5.13. The molecule has 0 aromatic carbocycles. The van der Waals surface area contributed by atoms with Crippen molar-refractivity contribution in [2.75, 3.05) is 0 Å². The second-order valence-electron chi connectivity index (χ2n) is 13.4. The Balaban J connectivity index is 1.20. The van der Waals surface area contributed by atoms with E-state index in [1.54, 1.807) is 0 Å². The molecule has 4 heteroatoms. The lowest BCUT2D eigenvalue weighted by molar-refractivity contribution is -0.127. The first-order valence-corrected chi connectivity index (χ1v) is 13.8. The third-order valence-corrected chi connectivity index (χ3v) is 11.9. The Kier molecular flexibility index (Phi) is 6.01. The van der Waals surface area contributed by atoms with Gasteiger partial charge in [0, 0.05) is 12.8 Å². The van der Waals surface area contributed by atoms with Crippen molar-refractivity contribution in [3.05, 3.63) is 0 Å². The van der Waals surface area contributed by atoms with Gasteiger partial charge < -0.3 is 10.2 Å². The van der Waals surface area contributed by atoms with E-state index in [1.165, 1.54) is 44.9 Å². The standard InChI is InChI=1S/C28H46F2O2/c1-25-13-10-24-22(7-5-20-18-21(31)9-12-26(20,24)2)23(25)8-6-19(25)4-3-11-27(32)14-16-28(29,30)17-15-27/h19-24,31-32H,3-18H2,1-2H3. The van der Waals surface area contributed by atoms with Gasteiger partial charge in [0.05, 0.1) is 11.7 Å². The molecule has 0 aliphatic heterocycles. The van der Waals surface area contributed by atoms with E-state index in [2.05, 4.69) is 13.8 Å². The van der Waals surface area contributed by atoms with Gasteiger partial charge in [-0.15, -0.1) is 0 Å². The van der Waals surface area contributed by atoms with Gasteiger partial charge >= 0.3 is 0 Å². The highest BCUT2D eigenvalue weighted by Gasteiger charge is 2.59. The van der Waals surface area contributed by atoms with Gasteiger partial charge in [-0.2, -0.15) is 0 Å². The first-order valence-electron chi connectivity index (χ1n) is 13.8. The van der Waals surface area contributed by atoms with E-state index in [4.69, 9.17) is 0 Å². The van der Waals surface area contributed by atoms with Crippen LogP contribution in [0.2, 0.25) is 0 Å². The minimum atomic E-state index is -2.57. The number of rotatable bonds is 4. The molecule has 5 fully saturated rings. The molecule has 0 spiro atoms. The second-order valence-corrected chi connectivity index (χ2v) is 13.4. The highest BCUT2D eigenvalue weighted by molar-refractivity contribution is 5.09. The quantitative estimate of drug-likeness (QED) is 0.477. The summed E-state index contributed by atoms with van der Waals surface area (Å²) < 4.78 is 27.0. The lowest BCUT2D eigenvalue weighted by Gasteiger charge is -2.61. The van der Waals surface area contributed by atoms with Crippen molar-refractivity contribution in [1.29, 1.82) is 0 Å². The van der Waals surface area contributed by atoms with Crippen molar-refractivity contribution in [2.45, 2.75) is 134 Å². The fourth-order valence-corrected chi connectivity index (χ4v) is 9.83. The molecule has 5 aliphatic carbocycles. The highest BCUT2D eigenvalue weighted by atomic mass is 19.3. The molecule has 0 heterocycles. The molecule has 0 aromatic heterocycles. The molecule has 8 atom stereocenters. The molecule has 0 amide bonds. The number of alkyl halides is 2. The molecule has 0 bridgehead atoms. The maximum absolute atomic E-state index is 13.5. The van der Waals surface area contributed by atoms with Crippen molar-refractivity contribution in [1.82, 2.24) is 0 Å². The SMILES string of the molecule is CC12CCC3C(CCC4CC(O)CCC43C)C1CCC2CCCC1(O)CCC(F)(F)CC1. The van der Waals surface area contributed by atoms with Gasteiger partial charge in [-0.1, -0.05) is 20.3 Å². The smallest absolute Gasteiger partial charge is 0.248 e. The van der Waals surface area contributed by atoms with Crippen LogP contribution >= 0.6 is 0 Å². The van der Waals surface area contributed by atoms with Crippen molar-refractivity contribution in [3.63, 3.8) is 0 Å². The lowest BCUT2D eigenvalue weighted by Crippen LogP contribution is -2.53. The third kappa shape index (κ3) is 3.97. The van der Waals surface area contributed by atoms with Crippen molar-refractivity contribution < 1.29 is 19.0 Å². The molecule has 0 saturated heterocycles. The number of hydrogen-bond donors (Lipinski definition) is 2. The van der Waals surface area contributed by atoms with Crippen LogP contribution in [0, 0.1) is 40.4 Å². The predicted molar refractivity (Wildman–Crippen MR) is 123 cm³/mol. The molecule has 2 N–H and O–H groups in total. The molecule has 0 aromatic rings. The maximum atomic E-state index is 13.5. The van der Waals surface area contributed by atoms with E-state index in [1.807, 2.05) is 0 Å². The van der Waals surface area contributed by atoms with Crippen LogP contribution in [0.3, 0.4) is 0 Å². The Morgan fingerprint density at radius 3 is 2.22 bits per heavy atom. The molecule has 8 unspecified atom stereocenters. The number of fused-ring (bicyclic) bond motifs is 5. The van der Waals surface area contributed by atoms with Gasteiger partial charge in [0.1, 0.15) is 0 Å². The van der Waals surface area contributed by atoms with Crippen LogP contribution in [-0.4, -0.2) is 27.8 Å². The van der Waals surface area contributed by atoms with E-state index in [-0.39, 0.29) is 31.8 Å². The number of halogens is 2. The number of aliphatic hydroxyl groups excluding tert-OH is 1. The van der Waals surface area contributed by atoms with Crippen LogP contribution < -0.4 is 0 Å². The predicted octanol–water partition coefficient (Wildman–Crippen LogP) is 7.12. The Morgan fingerprint density at radius 2 is 1.47 bits per heavy atom. The Hall–Kier alpha value is -0.220. The summed E-state index contributed by atoms with van der Waals surface area (Å²) >= 11 is 0. The van der Waals surface area contributed by atoms with Gasteiger partial charge in [0.15, 0.2) is 0 Å². The van der Waals surface area contributed by atoms with Crippen LogP contribution in [0.1, 0.15) is 117 Å². The molecule has 5 aliphatic rings. The molecular weight excluding hydrogens is 406 g/mol. The van der Waals surface area contributed by atoms with Crippen LogP contribution in [-0.2, 0) is 0 Å². The van der Waals surface area contributed by atoms with Crippen molar-refractivity contribution in [3.8, 4) is 0 Å². The van der Waals surface area contributed by atoms with Crippen LogP contribution in [0.25, 0.3) is 0 Å². The van der Waals surface area contributed by atoms with E-state index in [0.717, 1.165) is 55.3 Å². The molecule has 0 radical (unpaired) electrons. The average molecular weight is 453 g/mol. The summed E-state index contributed by atoms with van der Waals surface area (Å²) in [5.74, 6) is 1.43. The highest BCUT2D eigenvalue weighted by Crippen LogP contribution is 2.68. The minimum absolute atomic E-state index is 0.0699. The normalized spacial score (nSPS) is 49.7. The summed E-state index contributed by atoms with van der Waals surface area (Å²) in [7, 11) is 0. The summed E-state index contributed by atoms with van der Waals surface area (Å²) in [5.41, 5.74) is 0.0193. The van der Waals surface area contributed by atoms with Gasteiger partial charge in [-0.3, -0.25) is 0 Å². The summed E-state index contributed by atoms with van der Waals surface area (Å²) in [6.07, 6.45) is 14.3. The minimum Gasteiger partial charge on any atom is -0.393 e. The van der Waals surface area contributed by atoms with Crippen LogP contribution in [0.5, 0.6) is 0 Å². The lowest BCUT2D eigenvalue weighted by atomic mass is 9.44. The molecule has 32 heavy (non-hydrogen) atoms. The Bertz CT molecular complexity index is 685. The fraction of sp³-hybridized carbons (Fsp3) is 1.00. The zero-order valence-electron chi connectivity index (χ0n) is 20.4. The van der Waals surface area contributed by atoms with E-state index < -0.39 is 11.5 Å². The first kappa shape index (κ1) is 23.5. The molecule has 5 rings (SSSR count). The van der Waals surface area contributed by atoms with E-state index in [9.17, 15) is 19.0 Å². The van der Waals surface area contributed by atoms with E-state index in [0.29, 0.717) is 17.3 Å². The summed E-state index contributed by atoms with van der Waals surface area (Å²) in [6, 6.07) is 0. The largest absolute Gasteiger partial charge is 0.393 e. The first-order chi connectivity index (χ1) is 15.0. The zero-order chi connectivity index (χ0) is 22.8. The molecular formula is C28H46F2O2. The Morgan fingerprint density at radius 1 is 0.781 bits per heavy atom. The topological polar surface area (TPSA) is 40.5 Å². The third-order valence-electron chi connectivity index (χ3n) is 11.9. The number of aliphatic hydroxyl groups is 2. The van der Waals surface area contributed by atoms with Crippen LogP contribution in [0.15, 0.2) is 0 Å². The van der Waals surface area contributed by atoms with Gasteiger partial charge in [-0.05, 0) is 124 Å². The molecule has 5 saturated carbocycles. The van der Waals surface area contributed by atoms with Gasteiger partial charge in [0.25, 0.3) is 0 Å². The summed E-state index contributed by atoms with van der Waals surface area (Å²) in [5, 5.41) is 21.1. The Labute approximate surface area is 193 Å². The average Bonchev–Trinajstić information content (AvgIpc) is 3.08. The molecule has 184 valence electrons. The molecule has 2 nitrogen and oxygen atoms in total. The second kappa shape index (κ2) is 8.18. The maximum Gasteiger partial charge on any atom is 0.248 e. The van der Waals surface area contributed by atoms with Crippen LogP contribution in [0.4, 0.5) is 8.78 Å². The fourth-order valence-electron chi connectivity index (χ4n) is 9.83. The van der Waals surface area contributed by atoms with E-state index >= 15 is 0 Å². The van der Waals surface area contributed by atoms with Crippen molar-refractivity contribution in [2.24, 2.45) is 40.4 Å². The zero-order valence-corrected chi connectivity index (χ0v) is 20.4. The van der Waals surface area contributed by atoms with Gasteiger partial charge in [-0.25, -0.2) is 8.78 Å². The number of hydrogen-bond acceptors (Lipinski definition) is 2. The van der Waals surface area contributed by atoms with Crippen molar-refractivity contribution >= 4 is 0 Å². The van der Waals surface area contributed by atoms with Gasteiger partial charge in [0.2, 0.25) is 5.92 Å². The summed E-state index contributed by atoms with van der Waals surface area (Å²) in [4.78, 5) is 0.